The van der Waals surface area contributed by atoms with E-state index in [2.05, 4.69) is 15.3 Å². The van der Waals surface area contributed by atoms with Crippen molar-refractivity contribution in [2.75, 3.05) is 5.32 Å². The van der Waals surface area contributed by atoms with Crippen LogP contribution in [-0.4, -0.2) is 27.5 Å². The van der Waals surface area contributed by atoms with Crippen LogP contribution < -0.4 is 5.32 Å². The quantitative estimate of drug-likeness (QED) is 0.496. The molecule has 6 nitrogen and oxygen atoms in total. The summed E-state index contributed by atoms with van der Waals surface area (Å²) < 4.78 is 0. The van der Waals surface area contributed by atoms with Gasteiger partial charge in [-0.25, -0.2) is 9.79 Å². The maximum Gasteiger partial charge on any atom is 0.352 e. The molecule has 1 unspecified atom stereocenters. The standard InChI is InChI=1S/C7H7N3O3/c11-6-3-1-4(7(12)13)10-5(3)8-2-9-6/h1-2,6,10-11H,(H,8,9)(H,12,13). The third-order valence-corrected chi connectivity index (χ3v) is 1.78. The number of nitrogens with one attached hydrogen (secondary N) is 2. The number of carboxylic acid groups (broad SMARTS) is 1. The third-order valence-electron chi connectivity index (χ3n) is 1.78. The third kappa shape index (κ3) is 1.17. The lowest BCUT2D eigenvalue weighted by atomic mass is 10.2. The molecule has 0 fully saturated rings. The molecule has 1 aromatic heterocycles. The van der Waals surface area contributed by atoms with Crippen LogP contribution in [0.3, 0.4) is 0 Å². The minimum absolute atomic E-state index is 0.0297. The molecule has 0 saturated heterocycles. The summed E-state index contributed by atoms with van der Waals surface area (Å²) in [5.74, 6) is -0.594. The van der Waals surface area contributed by atoms with Crippen LogP contribution in [0.4, 0.5) is 5.82 Å². The smallest absolute Gasteiger partial charge is 0.352 e. The van der Waals surface area contributed by atoms with E-state index in [-0.39, 0.29) is 5.69 Å². The summed E-state index contributed by atoms with van der Waals surface area (Å²) in [6, 6.07) is 1.35. The summed E-state index contributed by atoms with van der Waals surface area (Å²) in [4.78, 5) is 16.8. The Balaban J connectivity index is 2.45. The number of nitrogens with zero attached hydrogens (tertiary/aromatic N) is 1. The van der Waals surface area contributed by atoms with Gasteiger partial charge in [0.1, 0.15) is 11.5 Å². The van der Waals surface area contributed by atoms with Crippen LogP contribution in [0.25, 0.3) is 0 Å². The number of aliphatic imine (C=N–C) groups is 1. The Bertz CT molecular complexity index is 382. The fraction of sp³-hybridized carbons (Fsp3) is 0.143. The summed E-state index contributed by atoms with van der Waals surface area (Å²) >= 11 is 0. The Hall–Kier alpha value is -1.82. The molecule has 13 heavy (non-hydrogen) atoms. The SMILES string of the molecule is O=C(O)c1cc2c([nH]1)NC=NC2O. The van der Waals surface area contributed by atoms with Gasteiger partial charge in [-0.05, 0) is 6.07 Å². The molecule has 0 aliphatic carbocycles. The van der Waals surface area contributed by atoms with Gasteiger partial charge in [-0.3, -0.25) is 0 Å². The molecule has 2 heterocycles. The molecule has 6 heteroatoms. The number of anilines is 1. The van der Waals surface area contributed by atoms with Crippen LogP contribution in [0.2, 0.25) is 0 Å². The largest absolute Gasteiger partial charge is 0.477 e. The Morgan fingerprint density at radius 3 is 3.00 bits per heavy atom. The van der Waals surface area contributed by atoms with E-state index in [4.69, 9.17) is 5.11 Å². The van der Waals surface area contributed by atoms with Crippen LogP contribution in [-0.2, 0) is 0 Å². The molecule has 0 saturated carbocycles. The molecule has 1 aliphatic heterocycles. The van der Waals surface area contributed by atoms with Crippen molar-refractivity contribution >= 4 is 18.1 Å². The van der Waals surface area contributed by atoms with Crippen molar-refractivity contribution in [1.29, 1.82) is 0 Å². The lowest BCUT2D eigenvalue weighted by molar-refractivity contribution is 0.0691. The highest BCUT2D eigenvalue weighted by Crippen LogP contribution is 2.26. The first-order valence-corrected chi connectivity index (χ1v) is 3.61. The predicted octanol–water partition coefficient (Wildman–Crippen LogP) is 0.158. The molecular weight excluding hydrogens is 174 g/mol. The Morgan fingerprint density at radius 2 is 2.38 bits per heavy atom. The number of H-pyrrole nitrogens is 1. The van der Waals surface area contributed by atoms with Gasteiger partial charge in [-0.15, -0.1) is 0 Å². The van der Waals surface area contributed by atoms with Crippen molar-refractivity contribution in [2.24, 2.45) is 4.99 Å². The summed E-state index contributed by atoms with van der Waals surface area (Å²) in [7, 11) is 0. The highest BCUT2D eigenvalue weighted by Gasteiger charge is 2.19. The lowest BCUT2D eigenvalue weighted by Gasteiger charge is -2.11. The van der Waals surface area contributed by atoms with Crippen molar-refractivity contribution in [3.63, 3.8) is 0 Å². The van der Waals surface area contributed by atoms with Gasteiger partial charge < -0.3 is 20.5 Å². The molecule has 4 N–H and O–H groups in total. The van der Waals surface area contributed by atoms with Gasteiger partial charge in [0.25, 0.3) is 0 Å². The number of rotatable bonds is 1. The number of fused-ring (bicyclic) bond motifs is 1. The minimum atomic E-state index is -1.07. The topological polar surface area (TPSA) is 97.7 Å². The van der Waals surface area contributed by atoms with E-state index < -0.39 is 12.2 Å². The minimum Gasteiger partial charge on any atom is -0.477 e. The molecule has 0 radical (unpaired) electrons. The molecule has 1 atom stereocenters. The molecular formula is C7H7N3O3. The first-order chi connectivity index (χ1) is 6.18. The number of carboxylic acids is 1. The van der Waals surface area contributed by atoms with Crippen LogP contribution >= 0.6 is 0 Å². The number of aliphatic hydroxyl groups is 1. The number of aromatic amines is 1. The summed E-state index contributed by atoms with van der Waals surface area (Å²) in [5, 5.41) is 20.6. The Kier molecular flexibility index (Phi) is 1.56. The number of hydrogen-bond donors (Lipinski definition) is 4. The van der Waals surface area contributed by atoms with Gasteiger partial charge >= 0.3 is 5.97 Å². The fourth-order valence-electron chi connectivity index (χ4n) is 1.16. The maximum atomic E-state index is 10.5. The van der Waals surface area contributed by atoms with Gasteiger partial charge in [0.05, 0.1) is 6.34 Å². The average molecular weight is 181 g/mol. The number of hydrogen-bond acceptors (Lipinski definition) is 4. The Morgan fingerprint density at radius 1 is 1.62 bits per heavy atom. The number of carbonyl (C=O) groups is 1. The first kappa shape index (κ1) is 7.81. The highest BCUT2D eigenvalue weighted by molar-refractivity contribution is 5.89. The molecule has 1 aliphatic rings. The van der Waals surface area contributed by atoms with Crippen molar-refractivity contribution in [2.45, 2.75) is 6.23 Å². The lowest BCUT2D eigenvalue weighted by Crippen LogP contribution is -2.08. The summed E-state index contributed by atoms with van der Waals surface area (Å²) in [5.41, 5.74) is 0.474. The van der Waals surface area contributed by atoms with Crippen LogP contribution in [0.15, 0.2) is 11.1 Å². The van der Waals surface area contributed by atoms with Crippen LogP contribution in [0, 0.1) is 0 Å². The maximum absolute atomic E-state index is 10.5. The zero-order chi connectivity index (χ0) is 9.42. The fourth-order valence-corrected chi connectivity index (χ4v) is 1.16. The summed E-state index contributed by atoms with van der Waals surface area (Å²) in [6.07, 6.45) is 0.329. The second-order valence-corrected chi connectivity index (χ2v) is 2.61. The van der Waals surface area contributed by atoms with E-state index in [1.165, 1.54) is 12.4 Å². The first-order valence-electron chi connectivity index (χ1n) is 3.61. The second kappa shape index (κ2) is 2.60. The molecule has 2 rings (SSSR count). The van der Waals surface area contributed by atoms with E-state index in [0.717, 1.165) is 0 Å². The van der Waals surface area contributed by atoms with Gasteiger partial charge in [0.2, 0.25) is 0 Å². The zero-order valence-corrected chi connectivity index (χ0v) is 6.48. The molecule has 1 aromatic rings. The molecule has 0 spiro atoms. The predicted molar refractivity (Wildman–Crippen MR) is 44.8 cm³/mol. The van der Waals surface area contributed by atoms with Gasteiger partial charge in [0.15, 0.2) is 6.23 Å². The van der Waals surface area contributed by atoms with Gasteiger partial charge in [-0.1, -0.05) is 0 Å². The van der Waals surface area contributed by atoms with E-state index >= 15 is 0 Å². The molecule has 0 aromatic carbocycles. The van der Waals surface area contributed by atoms with E-state index in [1.807, 2.05) is 0 Å². The highest BCUT2D eigenvalue weighted by atomic mass is 16.4. The van der Waals surface area contributed by atoms with Crippen molar-refractivity contribution < 1.29 is 15.0 Å². The van der Waals surface area contributed by atoms with Crippen LogP contribution in [0.5, 0.6) is 0 Å². The second-order valence-electron chi connectivity index (χ2n) is 2.61. The van der Waals surface area contributed by atoms with Crippen LogP contribution in [0.1, 0.15) is 22.3 Å². The Labute approximate surface area is 72.9 Å². The average Bonchev–Trinajstić information content (AvgIpc) is 2.49. The van der Waals surface area contributed by atoms with E-state index in [0.29, 0.717) is 11.4 Å². The number of aromatic nitrogens is 1. The van der Waals surface area contributed by atoms with Crippen molar-refractivity contribution in [1.82, 2.24) is 4.98 Å². The van der Waals surface area contributed by atoms with Gasteiger partial charge in [0, 0.05) is 5.56 Å². The molecule has 0 amide bonds. The molecule has 0 bridgehead atoms. The number of aromatic carboxylic acids is 1. The number of aliphatic hydroxyl groups excluding tert-OH is 1. The monoisotopic (exact) mass is 181 g/mol. The van der Waals surface area contributed by atoms with E-state index in [1.54, 1.807) is 0 Å². The van der Waals surface area contributed by atoms with Crippen molar-refractivity contribution in [3.05, 3.63) is 17.3 Å². The normalized spacial score (nSPS) is 19.3. The molecule has 68 valence electrons. The summed E-state index contributed by atoms with van der Waals surface area (Å²) in [6.45, 7) is 0. The van der Waals surface area contributed by atoms with E-state index in [9.17, 15) is 9.90 Å². The van der Waals surface area contributed by atoms with Crippen molar-refractivity contribution in [3.8, 4) is 0 Å². The zero-order valence-electron chi connectivity index (χ0n) is 6.48. The van der Waals surface area contributed by atoms with Gasteiger partial charge in [-0.2, -0.15) is 0 Å².